The van der Waals surface area contributed by atoms with Gasteiger partial charge < -0.3 is 9.64 Å². The van der Waals surface area contributed by atoms with Crippen molar-refractivity contribution in [3.8, 4) is 0 Å². The molecule has 2 fully saturated rings. The normalized spacial score (nSPS) is 30.3. The number of piperidine rings is 1. The zero-order valence-electron chi connectivity index (χ0n) is 11.4. The molecular formula is C14H23NO3. The maximum atomic E-state index is 11.9. The third kappa shape index (κ3) is 2.52. The number of rotatable bonds is 2. The van der Waals surface area contributed by atoms with Crippen LogP contribution in [0, 0.1) is 11.8 Å². The van der Waals surface area contributed by atoms with Crippen molar-refractivity contribution in [1.82, 2.24) is 4.90 Å². The van der Waals surface area contributed by atoms with Crippen molar-refractivity contribution in [2.75, 3.05) is 14.2 Å². The lowest BCUT2D eigenvalue weighted by Gasteiger charge is -2.43. The number of hydrogen-bond donors (Lipinski definition) is 0. The number of esters is 1. The van der Waals surface area contributed by atoms with Gasteiger partial charge in [-0.2, -0.15) is 0 Å². The summed E-state index contributed by atoms with van der Waals surface area (Å²) in [7, 11) is 3.29. The molecule has 4 nitrogen and oxygen atoms in total. The zero-order valence-corrected chi connectivity index (χ0v) is 11.4. The molecule has 0 radical (unpaired) electrons. The molecule has 1 saturated heterocycles. The van der Waals surface area contributed by atoms with Crippen LogP contribution in [-0.4, -0.2) is 37.0 Å². The Kier molecular flexibility index (Phi) is 4.25. The molecule has 1 aliphatic heterocycles. The average molecular weight is 253 g/mol. The zero-order chi connectivity index (χ0) is 13.1. The van der Waals surface area contributed by atoms with Crippen LogP contribution in [0.3, 0.4) is 0 Å². The van der Waals surface area contributed by atoms with Crippen LogP contribution in [0.2, 0.25) is 0 Å². The molecule has 2 atom stereocenters. The van der Waals surface area contributed by atoms with Gasteiger partial charge >= 0.3 is 5.97 Å². The maximum Gasteiger partial charge on any atom is 0.310 e. The topological polar surface area (TPSA) is 46.6 Å². The number of methoxy groups -OCH3 is 1. The molecule has 102 valence electrons. The van der Waals surface area contributed by atoms with Gasteiger partial charge in [-0.25, -0.2) is 0 Å². The summed E-state index contributed by atoms with van der Waals surface area (Å²) in [4.78, 5) is 25.6. The van der Waals surface area contributed by atoms with Crippen LogP contribution in [0.1, 0.15) is 44.9 Å². The summed E-state index contributed by atoms with van der Waals surface area (Å²) in [6, 6.07) is 0.0546. The second-order valence-electron chi connectivity index (χ2n) is 5.56. The fraction of sp³-hybridized carbons (Fsp3) is 0.857. The van der Waals surface area contributed by atoms with E-state index in [1.54, 1.807) is 4.90 Å². The lowest BCUT2D eigenvalue weighted by molar-refractivity contribution is -0.155. The maximum absolute atomic E-state index is 11.9. The number of nitrogens with zero attached hydrogens (tertiary/aromatic N) is 1. The van der Waals surface area contributed by atoms with Gasteiger partial charge in [-0.15, -0.1) is 0 Å². The summed E-state index contributed by atoms with van der Waals surface area (Å²) in [5, 5.41) is 0. The first-order chi connectivity index (χ1) is 8.65. The Balaban J connectivity index is 2.16. The van der Waals surface area contributed by atoms with E-state index in [1.807, 2.05) is 7.05 Å². The molecule has 1 heterocycles. The third-order valence-corrected chi connectivity index (χ3v) is 4.56. The van der Waals surface area contributed by atoms with Crippen LogP contribution in [-0.2, 0) is 14.3 Å². The molecule has 0 unspecified atom stereocenters. The van der Waals surface area contributed by atoms with Crippen molar-refractivity contribution in [3.63, 3.8) is 0 Å². The largest absolute Gasteiger partial charge is 0.469 e. The summed E-state index contributed by atoms with van der Waals surface area (Å²) in [6.07, 6.45) is 7.11. The highest BCUT2D eigenvalue weighted by Crippen LogP contribution is 2.36. The van der Waals surface area contributed by atoms with Crippen molar-refractivity contribution in [2.45, 2.75) is 51.0 Å². The smallest absolute Gasteiger partial charge is 0.310 e. The molecular weight excluding hydrogens is 230 g/mol. The molecule has 0 spiro atoms. The fourth-order valence-corrected chi connectivity index (χ4v) is 3.59. The molecule has 1 saturated carbocycles. The molecule has 0 bridgehead atoms. The SMILES string of the molecule is COC(=O)[C@H]1CCC(=O)N(C)[C@@H]1C1CCCCC1. The minimum atomic E-state index is -0.148. The minimum Gasteiger partial charge on any atom is -0.469 e. The monoisotopic (exact) mass is 253 g/mol. The van der Waals surface area contributed by atoms with Gasteiger partial charge in [-0.3, -0.25) is 9.59 Å². The van der Waals surface area contributed by atoms with E-state index in [1.165, 1.54) is 26.4 Å². The summed E-state index contributed by atoms with van der Waals surface area (Å²) in [6.45, 7) is 0. The van der Waals surface area contributed by atoms with Crippen molar-refractivity contribution in [2.24, 2.45) is 11.8 Å². The van der Waals surface area contributed by atoms with Gasteiger partial charge in [0.1, 0.15) is 0 Å². The first-order valence-electron chi connectivity index (χ1n) is 6.98. The lowest BCUT2D eigenvalue weighted by atomic mass is 9.75. The first-order valence-corrected chi connectivity index (χ1v) is 6.98. The van der Waals surface area contributed by atoms with Gasteiger partial charge in [0.2, 0.25) is 5.91 Å². The second kappa shape index (κ2) is 5.72. The standard InChI is InChI=1S/C14H23NO3/c1-15-12(16)9-8-11(14(17)18-2)13(15)10-6-4-3-5-7-10/h10-11,13H,3-9H2,1-2H3/t11-,13+/m0/s1. The van der Waals surface area contributed by atoms with E-state index in [0.717, 1.165) is 12.8 Å². The Bertz CT molecular complexity index is 323. The number of carbonyl (C=O) groups excluding carboxylic acids is 2. The summed E-state index contributed by atoms with van der Waals surface area (Å²) in [5.41, 5.74) is 0. The quantitative estimate of drug-likeness (QED) is 0.707. The molecule has 1 aliphatic carbocycles. The molecule has 2 aliphatic rings. The highest BCUT2D eigenvalue weighted by molar-refractivity contribution is 5.81. The van der Waals surface area contributed by atoms with Crippen LogP contribution < -0.4 is 0 Å². The molecule has 0 aromatic carbocycles. The second-order valence-corrected chi connectivity index (χ2v) is 5.56. The molecule has 1 amide bonds. The summed E-state index contributed by atoms with van der Waals surface area (Å²) >= 11 is 0. The van der Waals surface area contributed by atoms with Crippen molar-refractivity contribution < 1.29 is 14.3 Å². The Morgan fingerprint density at radius 3 is 2.50 bits per heavy atom. The number of ether oxygens (including phenoxy) is 1. The Labute approximate surface area is 109 Å². The van der Waals surface area contributed by atoms with E-state index >= 15 is 0 Å². The third-order valence-electron chi connectivity index (χ3n) is 4.56. The van der Waals surface area contributed by atoms with Crippen molar-refractivity contribution in [3.05, 3.63) is 0 Å². The highest BCUT2D eigenvalue weighted by Gasteiger charge is 2.42. The van der Waals surface area contributed by atoms with Crippen molar-refractivity contribution >= 4 is 11.9 Å². The van der Waals surface area contributed by atoms with Crippen LogP contribution >= 0.6 is 0 Å². The van der Waals surface area contributed by atoms with Crippen LogP contribution in [0.25, 0.3) is 0 Å². The lowest BCUT2D eigenvalue weighted by Crippen LogP contribution is -2.53. The Hall–Kier alpha value is -1.06. The number of likely N-dealkylation sites (tertiary alicyclic amines) is 1. The number of amides is 1. The van der Waals surface area contributed by atoms with Gasteiger partial charge in [-0.05, 0) is 25.2 Å². The molecule has 4 heteroatoms. The van der Waals surface area contributed by atoms with Crippen LogP contribution in [0.15, 0.2) is 0 Å². The van der Waals surface area contributed by atoms with Gasteiger partial charge in [0.15, 0.2) is 0 Å². The van der Waals surface area contributed by atoms with E-state index < -0.39 is 0 Å². The fourth-order valence-electron chi connectivity index (χ4n) is 3.59. The number of carbonyl (C=O) groups is 2. The molecule has 18 heavy (non-hydrogen) atoms. The van der Waals surface area contributed by atoms with Crippen LogP contribution in [0.5, 0.6) is 0 Å². The summed E-state index contributed by atoms with van der Waals surface area (Å²) < 4.78 is 4.92. The van der Waals surface area contributed by atoms with E-state index in [-0.39, 0.29) is 23.8 Å². The van der Waals surface area contributed by atoms with Gasteiger partial charge in [-0.1, -0.05) is 19.3 Å². The van der Waals surface area contributed by atoms with E-state index in [9.17, 15) is 9.59 Å². The molecule has 2 rings (SSSR count). The predicted molar refractivity (Wildman–Crippen MR) is 67.9 cm³/mol. The van der Waals surface area contributed by atoms with E-state index in [0.29, 0.717) is 18.8 Å². The Morgan fingerprint density at radius 1 is 1.22 bits per heavy atom. The Morgan fingerprint density at radius 2 is 1.89 bits per heavy atom. The van der Waals surface area contributed by atoms with Crippen LogP contribution in [0.4, 0.5) is 0 Å². The van der Waals surface area contributed by atoms with Gasteiger partial charge in [0.05, 0.1) is 13.0 Å². The highest BCUT2D eigenvalue weighted by atomic mass is 16.5. The van der Waals surface area contributed by atoms with Gasteiger partial charge in [0.25, 0.3) is 0 Å². The predicted octanol–water partition coefficient (Wildman–Crippen LogP) is 1.98. The van der Waals surface area contributed by atoms with E-state index in [2.05, 4.69) is 0 Å². The average Bonchev–Trinajstić information content (AvgIpc) is 2.41. The van der Waals surface area contributed by atoms with Gasteiger partial charge in [0, 0.05) is 19.5 Å². The first kappa shape index (κ1) is 13.4. The summed E-state index contributed by atoms with van der Waals surface area (Å²) in [5.74, 6) is 0.369. The van der Waals surface area contributed by atoms with E-state index in [4.69, 9.17) is 4.74 Å². The van der Waals surface area contributed by atoms with Crippen molar-refractivity contribution in [1.29, 1.82) is 0 Å². The number of hydrogen-bond acceptors (Lipinski definition) is 3. The molecule has 0 aromatic heterocycles. The molecule has 0 aromatic rings. The minimum absolute atomic E-state index is 0.0546. The molecule has 0 N–H and O–H groups in total.